The first kappa shape index (κ1) is 24.8. The van der Waals surface area contributed by atoms with Crippen molar-refractivity contribution in [3.05, 3.63) is 119 Å². The Morgan fingerprint density at radius 3 is 1.03 bits per heavy atom. The van der Waals surface area contributed by atoms with Crippen molar-refractivity contribution in [1.82, 2.24) is 0 Å². The van der Waals surface area contributed by atoms with Gasteiger partial charge in [-0.1, -0.05) is 70.8 Å². The summed E-state index contributed by atoms with van der Waals surface area (Å²) in [6, 6.07) is 32.3. The van der Waals surface area contributed by atoms with E-state index in [0.29, 0.717) is 23.3 Å². The van der Waals surface area contributed by atoms with Gasteiger partial charge in [0.05, 0.1) is 11.4 Å². The lowest BCUT2D eigenvalue weighted by molar-refractivity contribution is 1.39. The maximum absolute atomic E-state index is 4.94. The number of amidine groups is 4. The van der Waals surface area contributed by atoms with E-state index >= 15 is 0 Å². The molecule has 0 amide bonds. The van der Waals surface area contributed by atoms with Gasteiger partial charge in [0.15, 0.2) is 23.3 Å². The summed E-state index contributed by atoms with van der Waals surface area (Å²) in [6.45, 7) is 8.23. The number of nitrogens with zero attached hydrogens (tertiary/aromatic N) is 4. The molecule has 1 aliphatic rings. The van der Waals surface area contributed by atoms with Crippen molar-refractivity contribution in [3.63, 3.8) is 0 Å². The van der Waals surface area contributed by atoms with Crippen LogP contribution in [-0.4, -0.2) is 23.3 Å². The molecule has 5 rings (SSSR count). The standard InChI is InChI=1S/C32H30N6/c1-21-5-13-25(14-6-21)33-29-30(34-26-15-7-22(2)8-16-26)38-32(36-28-19-11-24(4)12-20-28)31(37-29)35-27-17-9-23(3)10-18-27/h5-20H,1-4H3,(H,33,35,37)(H,34,36,38). The fourth-order valence-corrected chi connectivity index (χ4v) is 3.77. The number of benzene rings is 4. The number of nitrogens with one attached hydrogen (secondary N) is 2. The number of aryl methyl sites for hydroxylation is 4. The van der Waals surface area contributed by atoms with Gasteiger partial charge >= 0.3 is 0 Å². The maximum atomic E-state index is 4.94. The van der Waals surface area contributed by atoms with Crippen LogP contribution in [0.3, 0.4) is 0 Å². The summed E-state index contributed by atoms with van der Waals surface area (Å²) in [7, 11) is 0. The third-order valence-corrected chi connectivity index (χ3v) is 6.03. The summed E-state index contributed by atoms with van der Waals surface area (Å²) in [4.78, 5) is 19.6. The van der Waals surface area contributed by atoms with Gasteiger partial charge in [-0.3, -0.25) is 0 Å². The number of anilines is 2. The molecular weight excluding hydrogens is 468 g/mol. The van der Waals surface area contributed by atoms with Crippen LogP contribution in [0.4, 0.5) is 22.7 Å². The van der Waals surface area contributed by atoms with E-state index in [-0.39, 0.29) is 0 Å². The van der Waals surface area contributed by atoms with Crippen LogP contribution < -0.4 is 10.6 Å². The van der Waals surface area contributed by atoms with E-state index in [9.17, 15) is 0 Å². The summed E-state index contributed by atoms with van der Waals surface area (Å²) in [5, 5.41) is 6.82. The number of aliphatic imine (C=N–C) groups is 4. The molecule has 0 fully saturated rings. The van der Waals surface area contributed by atoms with Crippen LogP contribution in [-0.2, 0) is 0 Å². The van der Waals surface area contributed by atoms with Gasteiger partial charge in [-0.2, -0.15) is 0 Å². The molecule has 6 nitrogen and oxygen atoms in total. The SMILES string of the molecule is Cc1ccc(N=C2N=C(Nc3ccc(C)cc3)C(=Nc3ccc(C)cc3)N=C2Nc2ccc(C)cc2)cc1. The van der Waals surface area contributed by atoms with Crippen molar-refractivity contribution >= 4 is 46.1 Å². The highest BCUT2D eigenvalue weighted by atomic mass is 15.2. The second-order valence-electron chi connectivity index (χ2n) is 9.44. The largest absolute Gasteiger partial charge is 0.337 e. The lowest BCUT2D eigenvalue weighted by Crippen LogP contribution is -2.35. The molecule has 4 aromatic rings. The highest BCUT2D eigenvalue weighted by molar-refractivity contribution is 6.59. The minimum absolute atomic E-state index is 0.465. The van der Waals surface area contributed by atoms with Crippen LogP contribution in [0.15, 0.2) is 117 Å². The smallest absolute Gasteiger partial charge is 0.198 e. The Hall–Kier alpha value is -4.84. The fourth-order valence-electron chi connectivity index (χ4n) is 3.77. The lowest BCUT2D eigenvalue weighted by atomic mass is 10.2. The first-order valence-corrected chi connectivity index (χ1v) is 12.6. The first-order valence-electron chi connectivity index (χ1n) is 12.6. The molecule has 0 unspecified atom stereocenters. The van der Waals surface area contributed by atoms with Gasteiger partial charge in [-0.25, -0.2) is 20.0 Å². The molecule has 6 heteroatoms. The van der Waals surface area contributed by atoms with Crippen LogP contribution in [0.25, 0.3) is 0 Å². The van der Waals surface area contributed by atoms with Gasteiger partial charge in [0, 0.05) is 11.4 Å². The first-order chi connectivity index (χ1) is 18.4. The minimum Gasteiger partial charge on any atom is -0.337 e. The minimum atomic E-state index is 0.465. The Kier molecular flexibility index (Phi) is 7.22. The van der Waals surface area contributed by atoms with Crippen molar-refractivity contribution in [1.29, 1.82) is 0 Å². The maximum Gasteiger partial charge on any atom is 0.198 e. The molecule has 1 aliphatic heterocycles. The third-order valence-electron chi connectivity index (χ3n) is 6.03. The molecule has 0 bridgehead atoms. The van der Waals surface area contributed by atoms with Gasteiger partial charge in [-0.15, -0.1) is 0 Å². The second-order valence-corrected chi connectivity index (χ2v) is 9.44. The average Bonchev–Trinajstić information content (AvgIpc) is 2.91. The van der Waals surface area contributed by atoms with Gasteiger partial charge in [0.25, 0.3) is 0 Å². The van der Waals surface area contributed by atoms with E-state index in [0.717, 1.165) is 22.7 Å². The molecular formula is C32H30N6. The number of hydrogen-bond acceptors (Lipinski definition) is 4. The zero-order valence-corrected chi connectivity index (χ0v) is 22.0. The summed E-state index contributed by atoms with van der Waals surface area (Å²) in [6.07, 6.45) is 0. The van der Waals surface area contributed by atoms with Crippen molar-refractivity contribution in [3.8, 4) is 0 Å². The molecule has 1 heterocycles. The normalized spacial score (nSPS) is 15.3. The summed E-state index contributed by atoms with van der Waals surface area (Å²) >= 11 is 0. The van der Waals surface area contributed by atoms with E-state index in [2.05, 4.69) is 62.6 Å². The van der Waals surface area contributed by atoms with E-state index < -0.39 is 0 Å². The van der Waals surface area contributed by atoms with Gasteiger partial charge < -0.3 is 10.6 Å². The van der Waals surface area contributed by atoms with Crippen molar-refractivity contribution in [2.45, 2.75) is 27.7 Å². The predicted molar refractivity (Wildman–Crippen MR) is 161 cm³/mol. The molecule has 0 saturated carbocycles. The molecule has 0 radical (unpaired) electrons. The molecule has 0 atom stereocenters. The number of rotatable bonds is 4. The van der Waals surface area contributed by atoms with Crippen LogP contribution in [0.2, 0.25) is 0 Å². The van der Waals surface area contributed by atoms with Crippen LogP contribution in [0.1, 0.15) is 22.3 Å². The Bertz CT molecular complexity index is 1420. The predicted octanol–water partition coefficient (Wildman–Crippen LogP) is 7.72. The molecule has 2 N–H and O–H groups in total. The molecule has 0 aliphatic carbocycles. The highest BCUT2D eigenvalue weighted by Crippen LogP contribution is 2.20. The highest BCUT2D eigenvalue weighted by Gasteiger charge is 2.22. The monoisotopic (exact) mass is 498 g/mol. The second kappa shape index (κ2) is 11.0. The van der Waals surface area contributed by atoms with Crippen molar-refractivity contribution in [2.24, 2.45) is 20.0 Å². The molecule has 0 spiro atoms. The molecule has 188 valence electrons. The van der Waals surface area contributed by atoms with Crippen LogP contribution >= 0.6 is 0 Å². The van der Waals surface area contributed by atoms with Crippen molar-refractivity contribution < 1.29 is 0 Å². The molecule has 0 saturated heterocycles. The van der Waals surface area contributed by atoms with Crippen molar-refractivity contribution in [2.75, 3.05) is 10.6 Å². The fraction of sp³-hybridized carbons (Fsp3) is 0.125. The summed E-state index contributed by atoms with van der Waals surface area (Å²) in [5.41, 5.74) is 8.07. The summed E-state index contributed by atoms with van der Waals surface area (Å²) < 4.78 is 0. The average molecular weight is 499 g/mol. The molecule has 0 aromatic heterocycles. The van der Waals surface area contributed by atoms with Crippen LogP contribution in [0.5, 0.6) is 0 Å². The molecule has 38 heavy (non-hydrogen) atoms. The van der Waals surface area contributed by atoms with E-state index in [1.807, 2.05) is 72.8 Å². The van der Waals surface area contributed by atoms with Gasteiger partial charge in [0.2, 0.25) is 0 Å². The molecule has 4 aromatic carbocycles. The Morgan fingerprint density at radius 2 is 0.711 bits per heavy atom. The third kappa shape index (κ3) is 6.28. The summed E-state index contributed by atoms with van der Waals surface area (Å²) in [5.74, 6) is 1.98. The Labute approximate surface area is 223 Å². The zero-order valence-electron chi connectivity index (χ0n) is 22.0. The topological polar surface area (TPSA) is 73.5 Å². The quantitative estimate of drug-likeness (QED) is 0.302. The van der Waals surface area contributed by atoms with E-state index in [1.54, 1.807) is 0 Å². The van der Waals surface area contributed by atoms with E-state index in [1.165, 1.54) is 22.3 Å². The Morgan fingerprint density at radius 1 is 0.421 bits per heavy atom. The van der Waals surface area contributed by atoms with Crippen LogP contribution in [0, 0.1) is 27.7 Å². The van der Waals surface area contributed by atoms with Gasteiger partial charge in [-0.05, 0) is 76.2 Å². The zero-order chi connectivity index (χ0) is 26.5. The van der Waals surface area contributed by atoms with Gasteiger partial charge in [0.1, 0.15) is 0 Å². The number of hydrogen-bond donors (Lipinski definition) is 2. The lowest BCUT2D eigenvalue weighted by Gasteiger charge is -2.19. The Balaban J connectivity index is 1.61. The van der Waals surface area contributed by atoms with E-state index in [4.69, 9.17) is 20.0 Å².